The SMILES string of the molecule is CCCCC[C@H]1CCC[C@@H](C2CCC([C@H]3CC[C@H](CCCC)CC3)CC2)C1. The second-order valence-electron chi connectivity index (χ2n) is 10.9. The largest absolute Gasteiger partial charge is 0.0654 e. The highest BCUT2D eigenvalue weighted by Crippen LogP contribution is 2.46. The summed E-state index contributed by atoms with van der Waals surface area (Å²) in [7, 11) is 0. The molecule has 0 spiro atoms. The molecule has 2 atom stereocenters. The van der Waals surface area contributed by atoms with Crippen LogP contribution in [0.2, 0.25) is 0 Å². The van der Waals surface area contributed by atoms with Gasteiger partial charge < -0.3 is 0 Å². The van der Waals surface area contributed by atoms with Crippen LogP contribution >= 0.6 is 0 Å². The van der Waals surface area contributed by atoms with Crippen molar-refractivity contribution in [2.24, 2.45) is 35.5 Å². The van der Waals surface area contributed by atoms with E-state index in [1.807, 2.05) is 0 Å². The molecule has 3 aliphatic carbocycles. The van der Waals surface area contributed by atoms with E-state index in [1.54, 1.807) is 83.5 Å². The summed E-state index contributed by atoms with van der Waals surface area (Å²) >= 11 is 0. The molecule has 0 aromatic heterocycles. The lowest BCUT2D eigenvalue weighted by Gasteiger charge is -2.41. The number of hydrogen-bond donors (Lipinski definition) is 0. The fourth-order valence-electron chi connectivity index (χ4n) is 7.23. The van der Waals surface area contributed by atoms with Gasteiger partial charge in [-0.25, -0.2) is 0 Å². The van der Waals surface area contributed by atoms with Crippen LogP contribution in [0.4, 0.5) is 0 Å². The van der Waals surface area contributed by atoms with Gasteiger partial charge in [0, 0.05) is 0 Å². The van der Waals surface area contributed by atoms with E-state index in [9.17, 15) is 0 Å². The minimum absolute atomic E-state index is 1.09. The van der Waals surface area contributed by atoms with Gasteiger partial charge in [-0.2, -0.15) is 0 Å². The number of rotatable bonds is 9. The fourth-order valence-corrected chi connectivity index (χ4v) is 7.23. The molecule has 158 valence electrons. The summed E-state index contributed by atoms with van der Waals surface area (Å²) in [6.45, 7) is 4.70. The van der Waals surface area contributed by atoms with Crippen molar-refractivity contribution in [1.29, 1.82) is 0 Å². The molecule has 0 saturated heterocycles. The Labute approximate surface area is 171 Å². The molecule has 0 amide bonds. The standard InChI is InChI=1S/C27H50/c1-3-5-7-10-23-11-8-12-27(21-23)26-19-17-25(18-20-26)24-15-13-22(14-16-24)9-6-4-2/h22-27H,3-21H2,1-2H3/t22-,23-,24-,25?,26?,27+/m0/s1. The van der Waals surface area contributed by atoms with E-state index in [2.05, 4.69) is 13.8 Å². The van der Waals surface area contributed by atoms with Crippen molar-refractivity contribution in [2.75, 3.05) is 0 Å². The first-order valence-corrected chi connectivity index (χ1v) is 13.3. The predicted molar refractivity (Wildman–Crippen MR) is 120 cm³/mol. The molecule has 0 aliphatic heterocycles. The first-order chi connectivity index (χ1) is 13.3. The highest BCUT2D eigenvalue weighted by Gasteiger charge is 2.34. The first-order valence-electron chi connectivity index (χ1n) is 13.3. The van der Waals surface area contributed by atoms with Crippen LogP contribution in [0, 0.1) is 35.5 Å². The maximum Gasteiger partial charge on any atom is -0.0383 e. The Kier molecular flexibility index (Phi) is 9.54. The van der Waals surface area contributed by atoms with Crippen molar-refractivity contribution < 1.29 is 0 Å². The van der Waals surface area contributed by atoms with Gasteiger partial charge in [0.05, 0.1) is 0 Å². The van der Waals surface area contributed by atoms with Gasteiger partial charge in [0.1, 0.15) is 0 Å². The van der Waals surface area contributed by atoms with Crippen molar-refractivity contribution in [2.45, 2.75) is 136 Å². The molecule has 0 heterocycles. The summed E-state index contributed by atoms with van der Waals surface area (Å²) < 4.78 is 0. The summed E-state index contributed by atoms with van der Waals surface area (Å²) in [5.74, 6) is 6.61. The topological polar surface area (TPSA) is 0 Å². The van der Waals surface area contributed by atoms with E-state index in [-0.39, 0.29) is 0 Å². The van der Waals surface area contributed by atoms with Crippen LogP contribution < -0.4 is 0 Å². The smallest absolute Gasteiger partial charge is 0.0383 e. The molecule has 3 rings (SSSR count). The monoisotopic (exact) mass is 374 g/mol. The van der Waals surface area contributed by atoms with Crippen LogP contribution in [0.25, 0.3) is 0 Å². The van der Waals surface area contributed by atoms with Crippen LogP contribution in [0.1, 0.15) is 136 Å². The van der Waals surface area contributed by atoms with Gasteiger partial charge in [-0.15, -0.1) is 0 Å². The summed E-state index contributed by atoms with van der Waals surface area (Å²) in [4.78, 5) is 0. The van der Waals surface area contributed by atoms with Gasteiger partial charge in [0.15, 0.2) is 0 Å². The Morgan fingerprint density at radius 1 is 0.481 bits per heavy atom. The average Bonchev–Trinajstić information content (AvgIpc) is 2.73. The first kappa shape index (κ1) is 21.7. The predicted octanol–water partition coefficient (Wildman–Crippen LogP) is 9.18. The van der Waals surface area contributed by atoms with Gasteiger partial charge in [-0.1, -0.05) is 90.9 Å². The van der Waals surface area contributed by atoms with Gasteiger partial charge >= 0.3 is 0 Å². The van der Waals surface area contributed by atoms with Crippen LogP contribution in [-0.2, 0) is 0 Å². The van der Waals surface area contributed by atoms with Crippen molar-refractivity contribution in [3.05, 3.63) is 0 Å². The minimum Gasteiger partial charge on any atom is -0.0654 e. The Hall–Kier alpha value is 0. The van der Waals surface area contributed by atoms with Gasteiger partial charge in [-0.05, 0) is 80.5 Å². The highest BCUT2D eigenvalue weighted by atomic mass is 14.4. The lowest BCUT2D eigenvalue weighted by Crippen LogP contribution is -2.30. The summed E-state index contributed by atoms with van der Waals surface area (Å²) in [5.41, 5.74) is 0. The second kappa shape index (κ2) is 11.9. The zero-order valence-electron chi connectivity index (χ0n) is 18.9. The molecule has 27 heavy (non-hydrogen) atoms. The Bertz CT molecular complexity index is 369. The third-order valence-corrected chi connectivity index (χ3v) is 9.05. The molecular weight excluding hydrogens is 324 g/mol. The van der Waals surface area contributed by atoms with Crippen LogP contribution in [0.15, 0.2) is 0 Å². The third kappa shape index (κ3) is 6.78. The molecule has 0 nitrogen and oxygen atoms in total. The summed E-state index contributed by atoms with van der Waals surface area (Å²) in [6.07, 6.45) is 29.2. The zero-order valence-corrected chi connectivity index (χ0v) is 18.9. The van der Waals surface area contributed by atoms with E-state index in [4.69, 9.17) is 0 Å². The zero-order chi connectivity index (χ0) is 18.9. The maximum absolute atomic E-state index is 2.35. The lowest BCUT2D eigenvalue weighted by molar-refractivity contribution is 0.0981. The molecule has 0 bridgehead atoms. The number of unbranched alkanes of at least 4 members (excludes halogenated alkanes) is 3. The van der Waals surface area contributed by atoms with E-state index in [1.165, 1.54) is 38.5 Å². The Morgan fingerprint density at radius 3 is 1.67 bits per heavy atom. The van der Waals surface area contributed by atoms with Gasteiger partial charge in [-0.3, -0.25) is 0 Å². The van der Waals surface area contributed by atoms with Gasteiger partial charge in [0.2, 0.25) is 0 Å². The van der Waals surface area contributed by atoms with Crippen molar-refractivity contribution in [3.63, 3.8) is 0 Å². The van der Waals surface area contributed by atoms with E-state index >= 15 is 0 Å². The minimum atomic E-state index is 1.09. The molecule has 0 radical (unpaired) electrons. The molecule has 0 N–H and O–H groups in total. The van der Waals surface area contributed by atoms with Gasteiger partial charge in [0.25, 0.3) is 0 Å². The maximum atomic E-state index is 2.35. The van der Waals surface area contributed by atoms with Crippen molar-refractivity contribution in [1.82, 2.24) is 0 Å². The molecule has 0 unspecified atom stereocenters. The Morgan fingerprint density at radius 2 is 1.04 bits per heavy atom. The summed E-state index contributed by atoms with van der Waals surface area (Å²) in [5, 5.41) is 0. The quantitative estimate of drug-likeness (QED) is 0.353. The van der Waals surface area contributed by atoms with E-state index < -0.39 is 0 Å². The molecule has 3 aliphatic rings. The molecule has 0 aromatic carbocycles. The van der Waals surface area contributed by atoms with Crippen LogP contribution in [0.5, 0.6) is 0 Å². The second-order valence-corrected chi connectivity index (χ2v) is 10.9. The lowest BCUT2D eigenvalue weighted by atomic mass is 9.64. The Balaban J connectivity index is 1.35. The highest BCUT2D eigenvalue weighted by molar-refractivity contribution is 4.86. The molecular formula is C27H50. The normalized spacial score (nSPS) is 38.0. The van der Waals surface area contributed by atoms with Crippen molar-refractivity contribution >= 4 is 0 Å². The molecule has 3 saturated carbocycles. The van der Waals surface area contributed by atoms with Crippen LogP contribution in [-0.4, -0.2) is 0 Å². The van der Waals surface area contributed by atoms with Crippen molar-refractivity contribution in [3.8, 4) is 0 Å². The van der Waals surface area contributed by atoms with E-state index in [0.29, 0.717) is 0 Å². The molecule has 0 heteroatoms. The average molecular weight is 375 g/mol. The molecule has 3 fully saturated rings. The third-order valence-electron chi connectivity index (χ3n) is 9.05. The summed E-state index contributed by atoms with van der Waals surface area (Å²) in [6, 6.07) is 0. The molecule has 0 aromatic rings. The van der Waals surface area contributed by atoms with E-state index in [0.717, 1.165) is 35.5 Å². The number of hydrogen-bond acceptors (Lipinski definition) is 0. The van der Waals surface area contributed by atoms with Crippen LogP contribution in [0.3, 0.4) is 0 Å². The fraction of sp³-hybridized carbons (Fsp3) is 1.00.